The molecule has 0 aliphatic heterocycles. The number of carbonyl (C=O) groups excluding carboxylic acids is 1. The number of methoxy groups -OCH3 is 1. The molecule has 1 aromatic carbocycles. The third-order valence-corrected chi connectivity index (χ3v) is 2.78. The number of fused-ring (bicyclic) bond motifs is 1. The number of ether oxygens (including phenoxy) is 1. The van der Waals surface area contributed by atoms with E-state index in [4.69, 9.17) is 4.42 Å². The number of esters is 1. The van der Waals surface area contributed by atoms with E-state index in [0.29, 0.717) is 22.2 Å². The SMILES string of the molecule is COC(=O)c1ccc2nc(-c3ccnc(F)c3)oc2c1. The molecule has 0 saturated heterocycles. The van der Waals surface area contributed by atoms with E-state index >= 15 is 0 Å². The van der Waals surface area contributed by atoms with Gasteiger partial charge in [-0.25, -0.2) is 14.8 Å². The highest BCUT2D eigenvalue weighted by Crippen LogP contribution is 2.25. The van der Waals surface area contributed by atoms with Crippen molar-refractivity contribution in [3.63, 3.8) is 0 Å². The second kappa shape index (κ2) is 4.73. The average Bonchev–Trinajstić information content (AvgIpc) is 2.89. The lowest BCUT2D eigenvalue weighted by Crippen LogP contribution is -2.00. The van der Waals surface area contributed by atoms with Crippen molar-refractivity contribution >= 4 is 17.1 Å². The molecule has 5 nitrogen and oxygen atoms in total. The quantitative estimate of drug-likeness (QED) is 0.530. The Morgan fingerprint density at radius 1 is 1.30 bits per heavy atom. The first-order valence-electron chi connectivity index (χ1n) is 5.78. The van der Waals surface area contributed by atoms with Crippen molar-refractivity contribution < 1.29 is 18.3 Å². The van der Waals surface area contributed by atoms with Crippen molar-refractivity contribution in [2.75, 3.05) is 7.11 Å². The van der Waals surface area contributed by atoms with Gasteiger partial charge in [0.05, 0.1) is 12.7 Å². The molecule has 0 N–H and O–H groups in total. The summed E-state index contributed by atoms with van der Waals surface area (Å²) in [6, 6.07) is 7.59. The average molecular weight is 272 g/mol. The molecule has 0 atom stereocenters. The molecule has 20 heavy (non-hydrogen) atoms. The van der Waals surface area contributed by atoms with E-state index in [1.54, 1.807) is 18.2 Å². The van der Waals surface area contributed by atoms with E-state index in [2.05, 4.69) is 14.7 Å². The van der Waals surface area contributed by atoms with Gasteiger partial charge in [-0.2, -0.15) is 4.39 Å². The molecule has 0 aliphatic rings. The molecule has 2 aromatic heterocycles. The van der Waals surface area contributed by atoms with Gasteiger partial charge in [0.15, 0.2) is 5.58 Å². The van der Waals surface area contributed by atoms with Gasteiger partial charge in [-0.1, -0.05) is 0 Å². The maximum absolute atomic E-state index is 13.1. The van der Waals surface area contributed by atoms with Gasteiger partial charge in [-0.05, 0) is 24.3 Å². The van der Waals surface area contributed by atoms with Crippen molar-refractivity contribution in [1.29, 1.82) is 0 Å². The molecule has 0 bridgehead atoms. The van der Waals surface area contributed by atoms with Gasteiger partial charge in [0.1, 0.15) is 5.52 Å². The number of aromatic nitrogens is 2. The van der Waals surface area contributed by atoms with E-state index in [0.717, 1.165) is 0 Å². The number of rotatable bonds is 2. The van der Waals surface area contributed by atoms with Crippen LogP contribution in [0.15, 0.2) is 40.9 Å². The number of nitrogens with zero attached hydrogens (tertiary/aromatic N) is 2. The molecule has 3 aromatic rings. The minimum Gasteiger partial charge on any atom is -0.465 e. The molecular weight excluding hydrogens is 263 g/mol. The van der Waals surface area contributed by atoms with Gasteiger partial charge in [-0.3, -0.25) is 0 Å². The predicted octanol–water partition coefficient (Wildman–Crippen LogP) is 2.82. The summed E-state index contributed by atoms with van der Waals surface area (Å²) in [5, 5.41) is 0. The Morgan fingerprint density at radius 2 is 2.15 bits per heavy atom. The fourth-order valence-electron chi connectivity index (χ4n) is 1.83. The molecule has 0 saturated carbocycles. The minimum absolute atomic E-state index is 0.267. The van der Waals surface area contributed by atoms with Crippen LogP contribution in [-0.2, 0) is 4.74 Å². The van der Waals surface area contributed by atoms with Gasteiger partial charge in [0.25, 0.3) is 0 Å². The standard InChI is InChI=1S/C14H9FN2O3/c1-19-14(18)9-2-3-10-11(6-9)20-13(17-10)8-4-5-16-12(15)7-8/h2-7H,1H3. The molecule has 0 aliphatic carbocycles. The molecule has 0 fully saturated rings. The zero-order chi connectivity index (χ0) is 14.1. The summed E-state index contributed by atoms with van der Waals surface area (Å²) in [7, 11) is 1.30. The second-order valence-electron chi connectivity index (χ2n) is 4.06. The largest absolute Gasteiger partial charge is 0.465 e. The van der Waals surface area contributed by atoms with Crippen molar-refractivity contribution in [1.82, 2.24) is 9.97 Å². The first-order chi connectivity index (χ1) is 9.67. The zero-order valence-electron chi connectivity index (χ0n) is 10.5. The van der Waals surface area contributed by atoms with Crippen LogP contribution < -0.4 is 0 Å². The molecule has 6 heteroatoms. The van der Waals surface area contributed by atoms with Crippen molar-refractivity contribution in [3.8, 4) is 11.5 Å². The first kappa shape index (κ1) is 12.3. The number of oxazole rings is 1. The van der Waals surface area contributed by atoms with Gasteiger partial charge in [-0.15, -0.1) is 0 Å². The van der Waals surface area contributed by atoms with Crippen molar-refractivity contribution in [2.24, 2.45) is 0 Å². The summed E-state index contributed by atoms with van der Waals surface area (Å²) in [4.78, 5) is 19.1. The third kappa shape index (κ3) is 2.11. The smallest absolute Gasteiger partial charge is 0.337 e. The van der Waals surface area contributed by atoms with Crippen LogP contribution in [-0.4, -0.2) is 23.0 Å². The van der Waals surface area contributed by atoms with Crippen molar-refractivity contribution in [3.05, 3.63) is 48.0 Å². The number of hydrogen-bond acceptors (Lipinski definition) is 5. The zero-order valence-corrected chi connectivity index (χ0v) is 10.5. The summed E-state index contributed by atoms with van der Waals surface area (Å²) in [6.45, 7) is 0. The Bertz CT molecular complexity index is 798. The van der Waals surface area contributed by atoms with Gasteiger partial charge in [0, 0.05) is 17.8 Å². The molecular formula is C14H9FN2O3. The normalized spacial score (nSPS) is 10.7. The highest BCUT2D eigenvalue weighted by atomic mass is 19.1. The predicted molar refractivity (Wildman–Crippen MR) is 68.5 cm³/mol. The lowest BCUT2D eigenvalue weighted by molar-refractivity contribution is 0.0601. The monoisotopic (exact) mass is 272 g/mol. The number of benzene rings is 1. The Morgan fingerprint density at radius 3 is 2.90 bits per heavy atom. The van der Waals surface area contributed by atoms with E-state index in [1.807, 2.05) is 0 Å². The minimum atomic E-state index is -0.611. The molecule has 100 valence electrons. The molecule has 0 unspecified atom stereocenters. The van der Waals surface area contributed by atoms with Crippen LogP contribution in [0.4, 0.5) is 4.39 Å². The van der Waals surface area contributed by atoms with Crippen LogP contribution in [0.1, 0.15) is 10.4 Å². The van der Waals surface area contributed by atoms with E-state index in [9.17, 15) is 9.18 Å². The Labute approximate surface area is 113 Å². The highest BCUT2D eigenvalue weighted by Gasteiger charge is 2.12. The molecule has 0 radical (unpaired) electrons. The van der Waals surface area contributed by atoms with Crippen LogP contribution in [0.5, 0.6) is 0 Å². The number of halogens is 1. The van der Waals surface area contributed by atoms with E-state index in [-0.39, 0.29) is 5.89 Å². The van der Waals surface area contributed by atoms with Gasteiger partial charge >= 0.3 is 5.97 Å². The maximum Gasteiger partial charge on any atom is 0.337 e. The van der Waals surface area contributed by atoms with Crippen molar-refractivity contribution in [2.45, 2.75) is 0 Å². The highest BCUT2D eigenvalue weighted by molar-refractivity contribution is 5.93. The number of carbonyl (C=O) groups is 1. The van der Waals surface area contributed by atoms with Crippen LogP contribution in [0.2, 0.25) is 0 Å². The Kier molecular flexibility index (Phi) is 2.90. The van der Waals surface area contributed by atoms with Crippen LogP contribution in [0, 0.1) is 5.95 Å². The topological polar surface area (TPSA) is 65.2 Å². The summed E-state index contributed by atoms with van der Waals surface area (Å²) in [5.74, 6) is -0.803. The van der Waals surface area contributed by atoms with Crippen LogP contribution in [0.25, 0.3) is 22.6 Å². The molecule has 2 heterocycles. The second-order valence-corrected chi connectivity index (χ2v) is 4.06. The number of hydrogen-bond donors (Lipinski definition) is 0. The lowest BCUT2D eigenvalue weighted by atomic mass is 10.2. The molecule has 3 rings (SSSR count). The van der Waals surface area contributed by atoms with E-state index in [1.165, 1.54) is 25.4 Å². The summed E-state index contributed by atoms with van der Waals surface area (Å²) in [6.07, 6.45) is 1.33. The maximum atomic E-state index is 13.1. The van der Waals surface area contributed by atoms with Crippen LogP contribution >= 0.6 is 0 Å². The fourth-order valence-corrected chi connectivity index (χ4v) is 1.83. The lowest BCUT2D eigenvalue weighted by Gasteiger charge is -1.96. The molecule has 0 spiro atoms. The Hall–Kier alpha value is -2.76. The van der Waals surface area contributed by atoms with Gasteiger partial charge < -0.3 is 9.15 Å². The third-order valence-electron chi connectivity index (χ3n) is 2.78. The number of pyridine rings is 1. The summed E-state index contributed by atoms with van der Waals surface area (Å²) in [5.41, 5.74) is 1.85. The first-order valence-corrected chi connectivity index (χ1v) is 5.78. The van der Waals surface area contributed by atoms with Crippen LogP contribution in [0.3, 0.4) is 0 Å². The fraction of sp³-hybridized carbons (Fsp3) is 0.0714. The Balaban J connectivity index is 2.09. The summed E-state index contributed by atoms with van der Waals surface area (Å²) >= 11 is 0. The molecule has 0 amide bonds. The van der Waals surface area contributed by atoms with Gasteiger partial charge in [0.2, 0.25) is 11.8 Å². The summed E-state index contributed by atoms with van der Waals surface area (Å²) < 4.78 is 23.2. The van der Waals surface area contributed by atoms with E-state index < -0.39 is 11.9 Å².